The number of nitrogens with two attached hydrogens (primary N) is 1. The van der Waals surface area contributed by atoms with E-state index in [1.807, 2.05) is 0 Å². The zero-order chi connectivity index (χ0) is 21.1. The number of carbonyl (C=O) groups excluding carboxylic acids is 3. The highest BCUT2D eigenvalue weighted by Gasteiger charge is 2.30. The molecule has 0 spiro atoms. The SMILES string of the molecule is CSCCC(NC(=O)C(C)NC(=O)C(NC(=O)C(N)CO)C(C)O)C(=O)O. The van der Waals surface area contributed by atoms with Crippen molar-refractivity contribution in [1.29, 1.82) is 0 Å². The van der Waals surface area contributed by atoms with Crippen molar-refractivity contribution in [3.8, 4) is 0 Å². The molecule has 0 aromatic carbocycles. The molecular weight excluding hydrogens is 380 g/mol. The van der Waals surface area contributed by atoms with Gasteiger partial charge in [-0.15, -0.1) is 0 Å². The lowest BCUT2D eigenvalue weighted by Gasteiger charge is -2.24. The van der Waals surface area contributed by atoms with Gasteiger partial charge in [-0.25, -0.2) is 4.79 Å². The topological polar surface area (TPSA) is 191 Å². The van der Waals surface area contributed by atoms with E-state index in [9.17, 15) is 24.3 Å². The molecular formula is C15H28N4O7S. The number of amides is 3. The van der Waals surface area contributed by atoms with Crippen molar-refractivity contribution in [3.63, 3.8) is 0 Å². The second-order valence-electron chi connectivity index (χ2n) is 5.93. The van der Waals surface area contributed by atoms with Crippen molar-refractivity contribution in [1.82, 2.24) is 16.0 Å². The molecule has 8 N–H and O–H groups in total. The van der Waals surface area contributed by atoms with Gasteiger partial charge < -0.3 is 37.0 Å². The van der Waals surface area contributed by atoms with E-state index in [-0.39, 0.29) is 6.42 Å². The third-order valence-corrected chi connectivity index (χ3v) is 4.22. The minimum absolute atomic E-state index is 0.217. The van der Waals surface area contributed by atoms with E-state index in [2.05, 4.69) is 16.0 Å². The van der Waals surface area contributed by atoms with Crippen LogP contribution in [0.3, 0.4) is 0 Å². The molecule has 0 aliphatic carbocycles. The first-order valence-corrected chi connectivity index (χ1v) is 9.61. The van der Waals surface area contributed by atoms with Gasteiger partial charge in [0, 0.05) is 0 Å². The van der Waals surface area contributed by atoms with Crippen molar-refractivity contribution in [2.75, 3.05) is 18.6 Å². The van der Waals surface area contributed by atoms with Crippen LogP contribution in [0.15, 0.2) is 0 Å². The summed E-state index contributed by atoms with van der Waals surface area (Å²) in [5.74, 6) is -3.09. The highest BCUT2D eigenvalue weighted by Crippen LogP contribution is 2.02. The van der Waals surface area contributed by atoms with E-state index in [4.69, 9.17) is 15.9 Å². The van der Waals surface area contributed by atoms with Gasteiger partial charge in [0.1, 0.15) is 24.2 Å². The third-order valence-electron chi connectivity index (χ3n) is 3.57. The van der Waals surface area contributed by atoms with Crippen LogP contribution in [-0.4, -0.2) is 87.9 Å². The first kappa shape index (κ1) is 25.1. The third kappa shape index (κ3) is 9.04. The summed E-state index contributed by atoms with van der Waals surface area (Å²) in [6, 6.07) is -4.89. The fourth-order valence-electron chi connectivity index (χ4n) is 1.91. The van der Waals surface area contributed by atoms with Crippen LogP contribution >= 0.6 is 11.8 Å². The van der Waals surface area contributed by atoms with Gasteiger partial charge in [0.25, 0.3) is 0 Å². The van der Waals surface area contributed by atoms with Crippen LogP contribution in [0.2, 0.25) is 0 Å². The van der Waals surface area contributed by atoms with Crippen LogP contribution in [0.5, 0.6) is 0 Å². The van der Waals surface area contributed by atoms with Gasteiger partial charge >= 0.3 is 5.97 Å². The fourth-order valence-corrected chi connectivity index (χ4v) is 2.38. The van der Waals surface area contributed by atoms with Crippen molar-refractivity contribution in [3.05, 3.63) is 0 Å². The maximum Gasteiger partial charge on any atom is 0.326 e. The molecule has 0 aliphatic rings. The minimum Gasteiger partial charge on any atom is -0.480 e. The molecule has 5 atom stereocenters. The molecule has 156 valence electrons. The van der Waals surface area contributed by atoms with Gasteiger partial charge in [-0.2, -0.15) is 11.8 Å². The molecule has 0 aromatic heterocycles. The fraction of sp³-hybridized carbons (Fsp3) is 0.733. The Morgan fingerprint density at radius 2 is 1.63 bits per heavy atom. The van der Waals surface area contributed by atoms with Gasteiger partial charge in [0.2, 0.25) is 17.7 Å². The lowest BCUT2D eigenvalue weighted by atomic mass is 10.1. The molecule has 0 heterocycles. The van der Waals surface area contributed by atoms with Crippen molar-refractivity contribution >= 4 is 35.5 Å². The molecule has 0 saturated heterocycles. The molecule has 11 nitrogen and oxygen atoms in total. The van der Waals surface area contributed by atoms with Crippen LogP contribution in [-0.2, 0) is 19.2 Å². The Morgan fingerprint density at radius 1 is 1.04 bits per heavy atom. The summed E-state index contributed by atoms with van der Waals surface area (Å²) >= 11 is 1.43. The highest BCUT2D eigenvalue weighted by molar-refractivity contribution is 7.98. The number of aliphatic hydroxyl groups is 2. The van der Waals surface area contributed by atoms with E-state index < -0.39 is 60.6 Å². The number of nitrogens with one attached hydrogen (secondary N) is 3. The zero-order valence-corrected chi connectivity index (χ0v) is 16.3. The summed E-state index contributed by atoms with van der Waals surface area (Å²) in [7, 11) is 0. The molecule has 12 heteroatoms. The van der Waals surface area contributed by atoms with Crippen LogP contribution < -0.4 is 21.7 Å². The average molecular weight is 408 g/mol. The molecule has 0 rings (SSSR count). The second kappa shape index (κ2) is 12.5. The lowest BCUT2D eigenvalue weighted by molar-refractivity contribution is -0.142. The van der Waals surface area contributed by atoms with Crippen molar-refractivity contribution in [2.24, 2.45) is 5.73 Å². The molecule has 0 fully saturated rings. The first-order chi connectivity index (χ1) is 12.5. The van der Waals surface area contributed by atoms with Crippen LogP contribution in [0.4, 0.5) is 0 Å². The summed E-state index contributed by atoms with van der Waals surface area (Å²) in [6.45, 7) is 1.94. The smallest absolute Gasteiger partial charge is 0.326 e. The predicted octanol–water partition coefficient (Wildman–Crippen LogP) is -3.00. The number of aliphatic carboxylic acids is 1. The molecule has 0 aliphatic heterocycles. The molecule has 27 heavy (non-hydrogen) atoms. The van der Waals surface area contributed by atoms with E-state index in [1.165, 1.54) is 25.6 Å². The summed E-state index contributed by atoms with van der Waals surface area (Å²) < 4.78 is 0. The number of hydrogen-bond donors (Lipinski definition) is 7. The van der Waals surface area contributed by atoms with Crippen molar-refractivity contribution in [2.45, 2.75) is 50.5 Å². The number of hydrogen-bond acceptors (Lipinski definition) is 8. The number of carboxylic acids is 1. The van der Waals surface area contributed by atoms with Gasteiger partial charge in [0.05, 0.1) is 12.7 Å². The number of carbonyl (C=O) groups is 4. The maximum absolute atomic E-state index is 12.2. The predicted molar refractivity (Wildman–Crippen MR) is 98.8 cm³/mol. The van der Waals surface area contributed by atoms with Gasteiger partial charge in [-0.1, -0.05) is 0 Å². The normalized spacial score (nSPS) is 16.4. The standard InChI is InChI=1S/C15H28N4O7S/c1-7(12(22)18-10(15(25)26)4-5-27-3)17-14(24)11(8(2)21)19-13(23)9(16)6-20/h7-11,20-21H,4-6,16H2,1-3H3,(H,17,24)(H,18,22)(H,19,23)(H,25,26). The Labute approximate surface area is 161 Å². The van der Waals surface area contributed by atoms with Gasteiger partial charge in [-0.3, -0.25) is 14.4 Å². The molecule has 0 radical (unpaired) electrons. The van der Waals surface area contributed by atoms with Gasteiger partial charge in [0.15, 0.2) is 0 Å². The van der Waals surface area contributed by atoms with E-state index in [0.717, 1.165) is 0 Å². The maximum atomic E-state index is 12.2. The zero-order valence-electron chi connectivity index (χ0n) is 15.5. The number of aliphatic hydroxyl groups excluding tert-OH is 2. The molecule has 3 amide bonds. The van der Waals surface area contributed by atoms with Gasteiger partial charge in [-0.05, 0) is 32.3 Å². The Morgan fingerprint density at radius 3 is 2.07 bits per heavy atom. The molecule has 0 bridgehead atoms. The quantitative estimate of drug-likeness (QED) is 0.176. The first-order valence-electron chi connectivity index (χ1n) is 8.22. The monoisotopic (exact) mass is 408 g/mol. The van der Waals surface area contributed by atoms with Crippen LogP contribution in [0, 0.1) is 0 Å². The Bertz CT molecular complexity index is 532. The summed E-state index contributed by atoms with van der Waals surface area (Å²) in [6.07, 6.45) is 0.717. The van der Waals surface area contributed by atoms with Crippen LogP contribution in [0.1, 0.15) is 20.3 Å². The molecule has 0 aromatic rings. The average Bonchev–Trinajstić information content (AvgIpc) is 2.60. The van der Waals surface area contributed by atoms with E-state index in [0.29, 0.717) is 5.75 Å². The summed E-state index contributed by atoms with van der Waals surface area (Å²) in [4.78, 5) is 47.2. The number of rotatable bonds is 12. The molecule has 0 saturated carbocycles. The number of thioether (sulfide) groups is 1. The minimum atomic E-state index is -1.41. The van der Waals surface area contributed by atoms with E-state index in [1.54, 1.807) is 6.26 Å². The largest absolute Gasteiger partial charge is 0.480 e. The Hall–Kier alpha value is -1.89. The summed E-state index contributed by atoms with van der Waals surface area (Å²) in [5.41, 5.74) is 5.34. The molecule has 5 unspecified atom stereocenters. The summed E-state index contributed by atoms with van der Waals surface area (Å²) in [5, 5.41) is 34.5. The Balaban J connectivity index is 4.88. The number of carboxylic acid groups (broad SMARTS) is 1. The second-order valence-corrected chi connectivity index (χ2v) is 6.91. The lowest BCUT2D eigenvalue weighted by Crippen LogP contribution is -2.59. The van der Waals surface area contributed by atoms with Crippen molar-refractivity contribution < 1.29 is 34.5 Å². The van der Waals surface area contributed by atoms with E-state index >= 15 is 0 Å². The Kier molecular flexibility index (Phi) is 11.6. The van der Waals surface area contributed by atoms with Crippen LogP contribution in [0.25, 0.3) is 0 Å². The highest BCUT2D eigenvalue weighted by atomic mass is 32.2.